The van der Waals surface area contributed by atoms with Gasteiger partial charge < -0.3 is 5.73 Å². The molecule has 0 bridgehead atoms. The molecule has 0 amide bonds. The summed E-state index contributed by atoms with van der Waals surface area (Å²) in [5, 5.41) is 0. The molecule has 2 atom stereocenters. The van der Waals surface area contributed by atoms with E-state index in [1.54, 1.807) is 12.1 Å². The van der Waals surface area contributed by atoms with Crippen molar-refractivity contribution in [2.24, 2.45) is 11.7 Å². The van der Waals surface area contributed by atoms with Crippen LogP contribution < -0.4 is 5.73 Å². The van der Waals surface area contributed by atoms with Crippen molar-refractivity contribution in [3.8, 4) is 0 Å². The van der Waals surface area contributed by atoms with Gasteiger partial charge in [0, 0.05) is 10.5 Å². The normalized spacial score (nSPS) is 24.6. The van der Waals surface area contributed by atoms with Crippen LogP contribution in [0.25, 0.3) is 0 Å². The van der Waals surface area contributed by atoms with E-state index in [2.05, 4.69) is 27.8 Å². The zero-order chi connectivity index (χ0) is 13.8. The molecule has 1 aliphatic rings. The molecule has 0 spiro atoms. The maximum atomic E-state index is 13.3. The van der Waals surface area contributed by atoms with Gasteiger partial charge in [-0.2, -0.15) is 0 Å². The minimum absolute atomic E-state index is 0.197. The number of piperidine rings is 1. The van der Waals surface area contributed by atoms with Crippen molar-refractivity contribution >= 4 is 15.9 Å². The van der Waals surface area contributed by atoms with Crippen LogP contribution in [-0.4, -0.2) is 24.5 Å². The minimum atomic E-state index is -0.197. The monoisotopic (exact) mass is 328 g/mol. The van der Waals surface area contributed by atoms with Gasteiger partial charge in [-0.25, -0.2) is 4.39 Å². The summed E-state index contributed by atoms with van der Waals surface area (Å²) in [6.07, 6.45) is 3.50. The number of nitrogens with zero attached hydrogens (tertiary/aromatic N) is 1. The van der Waals surface area contributed by atoms with Crippen LogP contribution in [0.4, 0.5) is 4.39 Å². The van der Waals surface area contributed by atoms with Crippen molar-refractivity contribution in [1.29, 1.82) is 0 Å². The fraction of sp³-hybridized carbons (Fsp3) is 0.600. The molecule has 19 heavy (non-hydrogen) atoms. The molecule has 1 aromatic rings. The van der Waals surface area contributed by atoms with E-state index in [0.29, 0.717) is 18.5 Å². The van der Waals surface area contributed by atoms with Crippen LogP contribution in [0.5, 0.6) is 0 Å². The number of hydrogen-bond donors (Lipinski definition) is 1. The van der Waals surface area contributed by atoms with Crippen LogP contribution >= 0.6 is 15.9 Å². The average molecular weight is 329 g/mol. The van der Waals surface area contributed by atoms with E-state index >= 15 is 0 Å². The Hall–Kier alpha value is -0.450. The van der Waals surface area contributed by atoms with Gasteiger partial charge in [0.15, 0.2) is 0 Å². The molecule has 1 saturated heterocycles. The fourth-order valence-corrected chi connectivity index (χ4v) is 3.71. The topological polar surface area (TPSA) is 29.3 Å². The Morgan fingerprint density at radius 1 is 1.47 bits per heavy atom. The maximum Gasteiger partial charge on any atom is 0.124 e. The molecule has 4 heteroatoms. The Labute approximate surface area is 123 Å². The Balaban J connectivity index is 2.33. The van der Waals surface area contributed by atoms with Crippen LogP contribution in [-0.2, 0) is 0 Å². The van der Waals surface area contributed by atoms with Gasteiger partial charge in [-0.3, -0.25) is 4.90 Å². The third kappa shape index (κ3) is 3.36. The van der Waals surface area contributed by atoms with E-state index < -0.39 is 0 Å². The van der Waals surface area contributed by atoms with Crippen molar-refractivity contribution in [3.63, 3.8) is 0 Å². The zero-order valence-electron chi connectivity index (χ0n) is 11.4. The van der Waals surface area contributed by atoms with Crippen LogP contribution in [0.2, 0.25) is 0 Å². The molecule has 2 unspecified atom stereocenters. The SMILES string of the molecule is CCCN1CCCC(CN)C1c1ccc(F)cc1Br. The van der Waals surface area contributed by atoms with Gasteiger partial charge in [-0.15, -0.1) is 0 Å². The lowest BCUT2D eigenvalue weighted by Crippen LogP contribution is -2.42. The van der Waals surface area contributed by atoms with E-state index in [1.165, 1.54) is 12.0 Å². The second-order valence-electron chi connectivity index (χ2n) is 5.28. The summed E-state index contributed by atoms with van der Waals surface area (Å²) in [7, 11) is 0. The quantitative estimate of drug-likeness (QED) is 0.912. The Kier molecular flexibility index (Phi) is 5.37. The molecule has 0 aliphatic carbocycles. The summed E-state index contributed by atoms with van der Waals surface area (Å²) >= 11 is 3.51. The third-order valence-corrected chi connectivity index (χ3v) is 4.64. The predicted octanol–water partition coefficient (Wildman–Crippen LogP) is 3.71. The molecule has 1 aliphatic heterocycles. The van der Waals surface area contributed by atoms with Gasteiger partial charge in [-0.05, 0) is 62.5 Å². The van der Waals surface area contributed by atoms with E-state index in [0.717, 1.165) is 30.4 Å². The highest BCUT2D eigenvalue weighted by molar-refractivity contribution is 9.10. The zero-order valence-corrected chi connectivity index (χ0v) is 13.0. The summed E-state index contributed by atoms with van der Waals surface area (Å²) in [5.41, 5.74) is 7.12. The van der Waals surface area contributed by atoms with Gasteiger partial charge in [0.1, 0.15) is 5.82 Å². The van der Waals surface area contributed by atoms with Crippen molar-refractivity contribution in [3.05, 3.63) is 34.1 Å². The van der Waals surface area contributed by atoms with Crippen LogP contribution in [0.1, 0.15) is 37.8 Å². The van der Waals surface area contributed by atoms with Crippen molar-refractivity contribution in [1.82, 2.24) is 4.90 Å². The lowest BCUT2D eigenvalue weighted by Gasteiger charge is -2.41. The number of nitrogens with two attached hydrogens (primary N) is 1. The van der Waals surface area contributed by atoms with Crippen molar-refractivity contribution in [2.45, 2.75) is 32.2 Å². The number of halogens is 2. The Bertz CT molecular complexity index is 423. The molecular formula is C15H22BrFN2. The molecule has 2 rings (SSSR count). The van der Waals surface area contributed by atoms with Crippen molar-refractivity contribution in [2.75, 3.05) is 19.6 Å². The first-order valence-electron chi connectivity index (χ1n) is 7.06. The summed E-state index contributed by atoms with van der Waals surface area (Å²) in [4.78, 5) is 2.50. The summed E-state index contributed by atoms with van der Waals surface area (Å²) < 4.78 is 14.1. The molecule has 2 nitrogen and oxygen atoms in total. The second kappa shape index (κ2) is 6.82. The number of benzene rings is 1. The van der Waals surface area contributed by atoms with E-state index in [1.807, 2.05) is 6.07 Å². The smallest absolute Gasteiger partial charge is 0.124 e. The van der Waals surface area contributed by atoms with Crippen molar-refractivity contribution < 1.29 is 4.39 Å². The summed E-state index contributed by atoms with van der Waals surface area (Å²) in [6.45, 7) is 5.07. The van der Waals surface area contributed by atoms with Gasteiger partial charge in [0.2, 0.25) is 0 Å². The lowest BCUT2D eigenvalue weighted by atomic mass is 9.84. The first-order valence-corrected chi connectivity index (χ1v) is 7.85. The first-order chi connectivity index (χ1) is 9.17. The molecule has 1 aromatic carbocycles. The maximum absolute atomic E-state index is 13.3. The number of hydrogen-bond acceptors (Lipinski definition) is 2. The largest absolute Gasteiger partial charge is 0.330 e. The number of rotatable bonds is 4. The van der Waals surface area contributed by atoms with Gasteiger partial charge in [0.25, 0.3) is 0 Å². The van der Waals surface area contributed by atoms with E-state index in [9.17, 15) is 4.39 Å². The van der Waals surface area contributed by atoms with Gasteiger partial charge >= 0.3 is 0 Å². The van der Waals surface area contributed by atoms with Gasteiger partial charge in [-0.1, -0.05) is 28.9 Å². The predicted molar refractivity (Wildman–Crippen MR) is 80.5 cm³/mol. The third-order valence-electron chi connectivity index (χ3n) is 3.95. The Morgan fingerprint density at radius 3 is 2.89 bits per heavy atom. The van der Waals surface area contributed by atoms with E-state index in [-0.39, 0.29) is 5.82 Å². The molecular weight excluding hydrogens is 307 g/mol. The molecule has 106 valence electrons. The fourth-order valence-electron chi connectivity index (χ4n) is 3.13. The number of likely N-dealkylation sites (tertiary alicyclic amines) is 1. The first kappa shape index (κ1) is 14.9. The standard InChI is InChI=1S/C15H22BrFN2/c1-2-7-19-8-3-4-11(10-18)15(19)13-6-5-12(17)9-14(13)16/h5-6,9,11,15H,2-4,7-8,10,18H2,1H3. The second-order valence-corrected chi connectivity index (χ2v) is 6.14. The Morgan fingerprint density at radius 2 is 2.26 bits per heavy atom. The molecule has 1 fully saturated rings. The average Bonchev–Trinajstić information content (AvgIpc) is 2.39. The van der Waals surface area contributed by atoms with Gasteiger partial charge in [0.05, 0.1) is 0 Å². The molecule has 0 saturated carbocycles. The van der Waals surface area contributed by atoms with Crippen LogP contribution in [0.15, 0.2) is 22.7 Å². The highest BCUT2D eigenvalue weighted by Crippen LogP contribution is 2.38. The highest BCUT2D eigenvalue weighted by Gasteiger charge is 2.32. The lowest BCUT2D eigenvalue weighted by molar-refractivity contribution is 0.0955. The summed E-state index contributed by atoms with van der Waals surface area (Å²) in [5.74, 6) is 0.264. The molecule has 1 heterocycles. The summed E-state index contributed by atoms with van der Waals surface area (Å²) in [6, 6.07) is 5.32. The van der Waals surface area contributed by atoms with E-state index in [4.69, 9.17) is 5.73 Å². The molecule has 0 radical (unpaired) electrons. The molecule has 2 N–H and O–H groups in total. The van der Waals surface area contributed by atoms with Crippen LogP contribution in [0, 0.1) is 11.7 Å². The van der Waals surface area contributed by atoms with Crippen LogP contribution in [0.3, 0.4) is 0 Å². The highest BCUT2D eigenvalue weighted by atomic mass is 79.9. The molecule has 0 aromatic heterocycles. The minimum Gasteiger partial charge on any atom is -0.330 e.